The summed E-state index contributed by atoms with van der Waals surface area (Å²) in [6, 6.07) is 2.37. The number of amides is 1. The van der Waals surface area contributed by atoms with Crippen LogP contribution in [0.4, 0.5) is 0 Å². The van der Waals surface area contributed by atoms with Crippen molar-refractivity contribution in [2.75, 3.05) is 0 Å². The number of hydrogen-bond acceptors (Lipinski definition) is 3. The molecule has 0 aliphatic carbocycles. The molecule has 0 fully saturated rings. The molecule has 0 heterocycles. The molecule has 0 bridgehead atoms. The molecule has 0 aliphatic rings. The Labute approximate surface area is 99.4 Å². The van der Waals surface area contributed by atoms with Crippen LogP contribution in [0.2, 0.25) is 0 Å². The number of primary amides is 1. The molecule has 1 atom stereocenters. The van der Waals surface area contributed by atoms with Gasteiger partial charge in [-0.1, -0.05) is 0 Å². The molecule has 5 heteroatoms. The second kappa shape index (κ2) is 4.97. The fourth-order valence-corrected chi connectivity index (χ4v) is 1.76. The average Bonchev–Trinajstić information content (AvgIpc) is 2.22. The van der Waals surface area contributed by atoms with Gasteiger partial charge in [0.2, 0.25) is 5.91 Å². The zero-order valence-electron chi connectivity index (χ0n) is 9.86. The zero-order valence-corrected chi connectivity index (χ0v) is 9.86. The maximum atomic E-state index is 11.1. The van der Waals surface area contributed by atoms with Crippen molar-refractivity contribution < 1.29 is 14.7 Å². The van der Waals surface area contributed by atoms with Crippen LogP contribution in [0, 0.1) is 13.8 Å². The fourth-order valence-electron chi connectivity index (χ4n) is 1.76. The Kier molecular flexibility index (Phi) is 3.85. The van der Waals surface area contributed by atoms with E-state index in [9.17, 15) is 9.59 Å². The van der Waals surface area contributed by atoms with E-state index < -0.39 is 17.9 Å². The van der Waals surface area contributed by atoms with E-state index in [2.05, 4.69) is 0 Å². The first-order valence-corrected chi connectivity index (χ1v) is 5.21. The minimum absolute atomic E-state index is 0.242. The highest BCUT2D eigenvalue weighted by Crippen LogP contribution is 2.18. The van der Waals surface area contributed by atoms with Crippen LogP contribution in [0.3, 0.4) is 0 Å². The molecular weight excluding hydrogens is 220 g/mol. The molecule has 0 spiro atoms. The number of rotatable bonds is 4. The highest BCUT2D eigenvalue weighted by Gasteiger charge is 2.16. The lowest BCUT2D eigenvalue weighted by atomic mass is 9.94. The van der Waals surface area contributed by atoms with Gasteiger partial charge in [0.1, 0.15) is 6.04 Å². The van der Waals surface area contributed by atoms with Crippen LogP contribution in [0.1, 0.15) is 27.0 Å². The fraction of sp³-hybridized carbons (Fsp3) is 0.333. The third-order valence-electron chi connectivity index (χ3n) is 2.72. The Morgan fingerprint density at radius 3 is 2.12 bits per heavy atom. The van der Waals surface area contributed by atoms with E-state index in [4.69, 9.17) is 16.6 Å². The number of benzene rings is 1. The third-order valence-corrected chi connectivity index (χ3v) is 2.72. The number of nitrogens with two attached hydrogens (primary N) is 2. The molecule has 1 aromatic rings. The van der Waals surface area contributed by atoms with Crippen LogP contribution < -0.4 is 11.5 Å². The Morgan fingerprint density at radius 2 is 1.76 bits per heavy atom. The lowest BCUT2D eigenvalue weighted by Gasteiger charge is -2.13. The first-order valence-electron chi connectivity index (χ1n) is 5.21. The van der Waals surface area contributed by atoms with Crippen LogP contribution >= 0.6 is 0 Å². The summed E-state index contributed by atoms with van der Waals surface area (Å²) in [6.45, 7) is 3.62. The summed E-state index contributed by atoms with van der Waals surface area (Å²) in [5.41, 5.74) is 13.6. The van der Waals surface area contributed by atoms with Crippen molar-refractivity contribution in [3.63, 3.8) is 0 Å². The Morgan fingerprint density at radius 1 is 1.29 bits per heavy atom. The van der Waals surface area contributed by atoms with Crippen LogP contribution in [0.15, 0.2) is 12.1 Å². The lowest BCUT2D eigenvalue weighted by Crippen LogP contribution is -2.32. The molecule has 0 aliphatic heterocycles. The van der Waals surface area contributed by atoms with Gasteiger partial charge >= 0.3 is 5.97 Å². The molecule has 0 aromatic heterocycles. The summed E-state index contributed by atoms with van der Waals surface area (Å²) in [4.78, 5) is 21.8. The molecule has 17 heavy (non-hydrogen) atoms. The zero-order chi connectivity index (χ0) is 13.2. The number of aryl methyl sites for hydroxylation is 2. The Hall–Kier alpha value is -1.88. The molecule has 1 amide bonds. The van der Waals surface area contributed by atoms with Gasteiger partial charge in [0.05, 0.1) is 0 Å². The highest BCUT2D eigenvalue weighted by molar-refractivity contribution is 5.93. The Bertz CT molecular complexity index is 446. The molecule has 5 N–H and O–H groups in total. The molecule has 92 valence electrons. The van der Waals surface area contributed by atoms with E-state index in [-0.39, 0.29) is 6.42 Å². The molecule has 0 radical (unpaired) electrons. The maximum Gasteiger partial charge on any atom is 0.320 e. The van der Waals surface area contributed by atoms with Gasteiger partial charge in [-0.05, 0) is 49.1 Å². The smallest absolute Gasteiger partial charge is 0.320 e. The van der Waals surface area contributed by atoms with Crippen molar-refractivity contribution in [2.45, 2.75) is 26.3 Å². The highest BCUT2D eigenvalue weighted by atomic mass is 16.4. The number of aliphatic carboxylic acids is 1. The summed E-state index contributed by atoms with van der Waals surface area (Å²) in [5.74, 6) is -1.53. The first kappa shape index (κ1) is 13.2. The first-order chi connectivity index (χ1) is 7.82. The van der Waals surface area contributed by atoms with E-state index in [1.807, 2.05) is 13.8 Å². The van der Waals surface area contributed by atoms with Crippen LogP contribution in [-0.4, -0.2) is 23.0 Å². The quantitative estimate of drug-likeness (QED) is 0.701. The van der Waals surface area contributed by atoms with Crippen molar-refractivity contribution in [2.24, 2.45) is 11.5 Å². The number of carbonyl (C=O) groups excluding carboxylic acids is 1. The van der Waals surface area contributed by atoms with Crippen LogP contribution in [0.25, 0.3) is 0 Å². The molecule has 0 saturated heterocycles. The largest absolute Gasteiger partial charge is 0.480 e. The molecule has 5 nitrogen and oxygen atoms in total. The SMILES string of the molecule is Cc1cc(C(N)=O)cc(C)c1C[C@@H](N)C(=O)O. The van der Waals surface area contributed by atoms with E-state index in [0.717, 1.165) is 16.7 Å². The summed E-state index contributed by atoms with van der Waals surface area (Å²) in [7, 11) is 0. The van der Waals surface area contributed by atoms with Gasteiger partial charge in [-0.15, -0.1) is 0 Å². The summed E-state index contributed by atoms with van der Waals surface area (Å²) in [6.07, 6.45) is 0.242. The maximum absolute atomic E-state index is 11.1. The number of hydrogen-bond donors (Lipinski definition) is 3. The van der Waals surface area contributed by atoms with Crippen LogP contribution in [-0.2, 0) is 11.2 Å². The van der Waals surface area contributed by atoms with Crippen molar-refractivity contribution >= 4 is 11.9 Å². The van der Waals surface area contributed by atoms with Crippen molar-refractivity contribution in [1.82, 2.24) is 0 Å². The summed E-state index contributed by atoms with van der Waals surface area (Å²) >= 11 is 0. The predicted octanol–water partition coefficient (Wildman–Crippen LogP) is 0.357. The van der Waals surface area contributed by atoms with Gasteiger partial charge in [-0.25, -0.2) is 0 Å². The van der Waals surface area contributed by atoms with Crippen molar-refractivity contribution in [1.29, 1.82) is 0 Å². The number of carboxylic acid groups (broad SMARTS) is 1. The second-order valence-electron chi connectivity index (χ2n) is 4.10. The van der Waals surface area contributed by atoms with E-state index in [0.29, 0.717) is 5.56 Å². The Balaban J connectivity index is 3.10. The molecule has 1 rings (SSSR count). The normalized spacial score (nSPS) is 12.2. The lowest BCUT2D eigenvalue weighted by molar-refractivity contribution is -0.138. The monoisotopic (exact) mass is 236 g/mol. The average molecular weight is 236 g/mol. The topological polar surface area (TPSA) is 106 Å². The van der Waals surface area contributed by atoms with Gasteiger partial charge in [0, 0.05) is 5.56 Å². The van der Waals surface area contributed by atoms with Gasteiger partial charge < -0.3 is 16.6 Å². The van der Waals surface area contributed by atoms with Gasteiger partial charge in [0.25, 0.3) is 0 Å². The number of carbonyl (C=O) groups is 2. The van der Waals surface area contributed by atoms with Crippen molar-refractivity contribution in [3.05, 3.63) is 34.4 Å². The molecule has 0 saturated carbocycles. The standard InChI is InChI=1S/C12H16N2O3/c1-6-3-8(11(14)15)4-7(2)9(6)5-10(13)12(16)17/h3-4,10H,5,13H2,1-2H3,(H2,14,15)(H,16,17)/t10-/m1/s1. The van der Waals surface area contributed by atoms with Gasteiger partial charge in [-0.3, -0.25) is 9.59 Å². The minimum atomic E-state index is -1.04. The third kappa shape index (κ3) is 3.04. The second-order valence-corrected chi connectivity index (χ2v) is 4.10. The predicted molar refractivity (Wildman–Crippen MR) is 63.7 cm³/mol. The van der Waals surface area contributed by atoms with E-state index in [1.54, 1.807) is 12.1 Å². The van der Waals surface area contributed by atoms with Crippen molar-refractivity contribution in [3.8, 4) is 0 Å². The van der Waals surface area contributed by atoms with E-state index in [1.165, 1.54) is 0 Å². The summed E-state index contributed by atoms with van der Waals surface area (Å²) < 4.78 is 0. The van der Waals surface area contributed by atoms with Crippen LogP contribution in [0.5, 0.6) is 0 Å². The summed E-state index contributed by atoms with van der Waals surface area (Å²) in [5, 5.41) is 8.77. The molecular formula is C12H16N2O3. The molecule has 1 aromatic carbocycles. The molecule has 0 unspecified atom stereocenters. The number of carboxylic acids is 1. The van der Waals surface area contributed by atoms with Gasteiger partial charge in [0.15, 0.2) is 0 Å². The van der Waals surface area contributed by atoms with Gasteiger partial charge in [-0.2, -0.15) is 0 Å². The van der Waals surface area contributed by atoms with E-state index >= 15 is 0 Å². The minimum Gasteiger partial charge on any atom is -0.480 e.